The summed E-state index contributed by atoms with van der Waals surface area (Å²) >= 11 is 1.69. The first kappa shape index (κ1) is 11.9. The van der Waals surface area contributed by atoms with Gasteiger partial charge < -0.3 is 5.21 Å². The Hall–Kier alpha value is -1.55. The van der Waals surface area contributed by atoms with E-state index in [2.05, 4.69) is 17.1 Å². The van der Waals surface area contributed by atoms with Gasteiger partial charge in [-0.05, 0) is 24.3 Å². The Morgan fingerprint density at radius 1 is 1.41 bits per heavy atom. The molecule has 0 bridgehead atoms. The van der Waals surface area contributed by atoms with Crippen molar-refractivity contribution >= 4 is 28.9 Å². The largest absolute Gasteiger partial charge is 0.411 e. The van der Waals surface area contributed by atoms with E-state index in [0.717, 1.165) is 33.7 Å². The molecule has 0 atom stereocenters. The van der Waals surface area contributed by atoms with Crippen molar-refractivity contribution in [2.24, 2.45) is 5.16 Å². The van der Waals surface area contributed by atoms with Gasteiger partial charge in [-0.1, -0.05) is 30.3 Å². The molecule has 1 aromatic heterocycles. The number of thioether (sulfide) groups is 1. The van der Waals surface area contributed by atoms with E-state index in [1.165, 1.54) is 6.21 Å². The van der Waals surface area contributed by atoms with Gasteiger partial charge in [0.05, 0.1) is 11.7 Å². The molecule has 0 radical (unpaired) electrons. The van der Waals surface area contributed by atoms with E-state index in [1.54, 1.807) is 11.8 Å². The van der Waals surface area contributed by atoms with Crippen LogP contribution in [-0.2, 0) is 0 Å². The van der Waals surface area contributed by atoms with Crippen molar-refractivity contribution in [1.29, 1.82) is 0 Å². The van der Waals surface area contributed by atoms with E-state index in [0.29, 0.717) is 0 Å². The molecule has 1 heterocycles. The van der Waals surface area contributed by atoms with Crippen molar-refractivity contribution in [2.75, 3.05) is 5.75 Å². The standard InChI is InChI=1S/C13H14N2OS/c1-2-7-17-13-11(9-14-16)8-10-5-3-4-6-12(10)15-13/h3-6,8-9,16H,2,7H2,1H3/b14-9+. The number of hydrogen-bond donors (Lipinski definition) is 1. The van der Waals surface area contributed by atoms with Crippen LogP contribution in [0.3, 0.4) is 0 Å². The second kappa shape index (κ2) is 5.68. The monoisotopic (exact) mass is 246 g/mol. The van der Waals surface area contributed by atoms with E-state index in [4.69, 9.17) is 5.21 Å². The second-order valence-corrected chi connectivity index (χ2v) is 4.75. The maximum atomic E-state index is 8.67. The maximum absolute atomic E-state index is 8.67. The highest BCUT2D eigenvalue weighted by atomic mass is 32.2. The molecule has 2 rings (SSSR count). The van der Waals surface area contributed by atoms with E-state index >= 15 is 0 Å². The highest BCUT2D eigenvalue weighted by Gasteiger charge is 2.05. The molecule has 0 aliphatic carbocycles. The number of fused-ring (bicyclic) bond motifs is 1. The number of nitrogens with zero attached hydrogens (tertiary/aromatic N) is 2. The van der Waals surface area contributed by atoms with Gasteiger partial charge in [-0.25, -0.2) is 4.98 Å². The number of aromatic nitrogens is 1. The molecule has 0 spiro atoms. The molecule has 0 aliphatic rings. The zero-order chi connectivity index (χ0) is 12.1. The summed E-state index contributed by atoms with van der Waals surface area (Å²) in [7, 11) is 0. The fraction of sp³-hybridized carbons (Fsp3) is 0.231. The molecular weight excluding hydrogens is 232 g/mol. The zero-order valence-corrected chi connectivity index (χ0v) is 10.4. The maximum Gasteiger partial charge on any atom is 0.106 e. The Labute approximate surface area is 105 Å². The van der Waals surface area contributed by atoms with Crippen LogP contribution in [0.4, 0.5) is 0 Å². The summed E-state index contributed by atoms with van der Waals surface area (Å²) in [5.74, 6) is 1.01. The molecule has 0 saturated carbocycles. The van der Waals surface area contributed by atoms with Gasteiger partial charge in [-0.15, -0.1) is 11.8 Å². The lowest BCUT2D eigenvalue weighted by Crippen LogP contribution is -1.93. The summed E-state index contributed by atoms with van der Waals surface area (Å²) in [6, 6.07) is 9.95. The summed E-state index contributed by atoms with van der Waals surface area (Å²) in [4.78, 5) is 4.59. The van der Waals surface area contributed by atoms with Crippen LogP contribution in [0.5, 0.6) is 0 Å². The van der Waals surface area contributed by atoms with Gasteiger partial charge in [0.25, 0.3) is 0 Å². The van der Waals surface area contributed by atoms with Gasteiger partial charge in [-0.2, -0.15) is 0 Å². The summed E-state index contributed by atoms with van der Waals surface area (Å²) in [5.41, 5.74) is 1.84. The Morgan fingerprint density at radius 2 is 2.24 bits per heavy atom. The van der Waals surface area contributed by atoms with Crippen LogP contribution in [-0.4, -0.2) is 22.2 Å². The third-order valence-electron chi connectivity index (χ3n) is 2.36. The smallest absolute Gasteiger partial charge is 0.106 e. The molecule has 3 nitrogen and oxygen atoms in total. The minimum atomic E-state index is 0.865. The highest BCUT2D eigenvalue weighted by Crippen LogP contribution is 2.24. The van der Waals surface area contributed by atoms with Crippen molar-refractivity contribution in [3.8, 4) is 0 Å². The fourth-order valence-corrected chi connectivity index (χ4v) is 2.42. The first-order chi connectivity index (χ1) is 8.35. The second-order valence-electron chi connectivity index (χ2n) is 3.67. The van der Waals surface area contributed by atoms with Gasteiger partial charge >= 0.3 is 0 Å². The minimum Gasteiger partial charge on any atom is -0.411 e. The lowest BCUT2D eigenvalue weighted by Gasteiger charge is -2.05. The van der Waals surface area contributed by atoms with Crippen LogP contribution in [0, 0.1) is 0 Å². The summed E-state index contributed by atoms with van der Waals surface area (Å²) < 4.78 is 0. The molecule has 1 N–H and O–H groups in total. The Kier molecular flexibility index (Phi) is 3.98. The van der Waals surface area contributed by atoms with Crippen LogP contribution < -0.4 is 0 Å². The average molecular weight is 246 g/mol. The zero-order valence-electron chi connectivity index (χ0n) is 9.63. The lowest BCUT2D eigenvalue weighted by molar-refractivity contribution is 0.321. The Bertz CT molecular complexity index is 540. The van der Waals surface area contributed by atoms with Crippen molar-refractivity contribution in [2.45, 2.75) is 18.4 Å². The van der Waals surface area contributed by atoms with E-state index in [9.17, 15) is 0 Å². The lowest BCUT2D eigenvalue weighted by atomic mass is 10.2. The fourth-order valence-electron chi connectivity index (χ4n) is 1.58. The summed E-state index contributed by atoms with van der Waals surface area (Å²) in [6.07, 6.45) is 2.53. The molecule has 0 amide bonds. The molecule has 88 valence electrons. The number of oxime groups is 1. The number of para-hydroxylation sites is 1. The average Bonchev–Trinajstić information content (AvgIpc) is 2.36. The molecule has 17 heavy (non-hydrogen) atoms. The van der Waals surface area contributed by atoms with Gasteiger partial charge in [0.1, 0.15) is 5.03 Å². The van der Waals surface area contributed by atoms with Crippen LogP contribution in [0.25, 0.3) is 10.9 Å². The van der Waals surface area contributed by atoms with Crippen LogP contribution in [0.15, 0.2) is 40.5 Å². The third-order valence-corrected chi connectivity index (χ3v) is 3.57. The van der Waals surface area contributed by atoms with E-state index in [1.807, 2.05) is 30.3 Å². The third kappa shape index (κ3) is 2.77. The Morgan fingerprint density at radius 3 is 3.00 bits per heavy atom. The quantitative estimate of drug-likeness (QED) is 0.388. The normalized spacial score (nSPS) is 11.4. The SMILES string of the molecule is CCCSc1nc2ccccc2cc1/C=N/O. The van der Waals surface area contributed by atoms with Crippen LogP contribution in [0.2, 0.25) is 0 Å². The molecule has 2 aromatic rings. The van der Waals surface area contributed by atoms with E-state index < -0.39 is 0 Å². The first-order valence-corrected chi connectivity index (χ1v) is 6.53. The van der Waals surface area contributed by atoms with Crippen molar-refractivity contribution in [3.63, 3.8) is 0 Å². The number of rotatable bonds is 4. The van der Waals surface area contributed by atoms with Crippen molar-refractivity contribution in [3.05, 3.63) is 35.9 Å². The highest BCUT2D eigenvalue weighted by molar-refractivity contribution is 7.99. The van der Waals surface area contributed by atoms with Crippen LogP contribution >= 0.6 is 11.8 Å². The molecule has 0 fully saturated rings. The number of hydrogen-bond acceptors (Lipinski definition) is 4. The minimum absolute atomic E-state index is 0.865. The van der Waals surface area contributed by atoms with Crippen molar-refractivity contribution < 1.29 is 5.21 Å². The molecule has 0 saturated heterocycles. The summed E-state index contributed by atoms with van der Waals surface area (Å²) in [5, 5.41) is 13.8. The first-order valence-electron chi connectivity index (χ1n) is 5.55. The van der Waals surface area contributed by atoms with Crippen molar-refractivity contribution in [1.82, 2.24) is 4.98 Å². The predicted octanol–water partition coefficient (Wildman–Crippen LogP) is 3.55. The topological polar surface area (TPSA) is 45.5 Å². The van der Waals surface area contributed by atoms with Gasteiger partial charge in [-0.3, -0.25) is 0 Å². The molecule has 0 unspecified atom stereocenters. The number of benzene rings is 1. The van der Waals surface area contributed by atoms with E-state index in [-0.39, 0.29) is 0 Å². The molecule has 4 heteroatoms. The van der Waals surface area contributed by atoms with Gasteiger partial charge in [0.2, 0.25) is 0 Å². The molecular formula is C13H14N2OS. The number of pyridine rings is 1. The predicted molar refractivity (Wildman–Crippen MR) is 72.1 cm³/mol. The summed E-state index contributed by atoms with van der Waals surface area (Å²) in [6.45, 7) is 2.13. The molecule has 1 aromatic carbocycles. The van der Waals surface area contributed by atoms with Gasteiger partial charge in [0.15, 0.2) is 0 Å². The Balaban J connectivity index is 2.49. The van der Waals surface area contributed by atoms with Gasteiger partial charge in [0, 0.05) is 10.9 Å². The molecule has 0 aliphatic heterocycles. The van der Waals surface area contributed by atoms with Crippen LogP contribution in [0.1, 0.15) is 18.9 Å².